The Morgan fingerprint density at radius 1 is 1.30 bits per heavy atom. The van der Waals surface area contributed by atoms with Gasteiger partial charge in [-0.2, -0.15) is 0 Å². The average molecular weight is 272 g/mol. The fourth-order valence-corrected chi connectivity index (χ4v) is 2.43. The van der Waals surface area contributed by atoms with Crippen molar-refractivity contribution in [1.82, 2.24) is 9.88 Å². The third-order valence-electron chi connectivity index (χ3n) is 3.61. The molecular weight excluding hydrogens is 256 g/mol. The summed E-state index contributed by atoms with van der Waals surface area (Å²) in [6.45, 7) is 0.286. The molecule has 5 heteroatoms. The summed E-state index contributed by atoms with van der Waals surface area (Å²) in [5.41, 5.74) is 1.30. The van der Waals surface area contributed by atoms with E-state index in [1.54, 1.807) is 12.3 Å². The van der Waals surface area contributed by atoms with E-state index in [0.29, 0.717) is 18.0 Å². The molecule has 3 rings (SSSR count). The number of hydrogen-bond donors (Lipinski definition) is 2. The number of H-pyrrole nitrogens is 1. The summed E-state index contributed by atoms with van der Waals surface area (Å²) in [6.07, 6.45) is 3.94. The second kappa shape index (κ2) is 5.00. The third kappa shape index (κ3) is 2.52. The predicted octanol–water partition coefficient (Wildman–Crippen LogP) is 2.10. The number of amides is 1. The van der Waals surface area contributed by atoms with Crippen molar-refractivity contribution < 1.29 is 14.7 Å². The van der Waals surface area contributed by atoms with E-state index in [9.17, 15) is 9.59 Å². The van der Waals surface area contributed by atoms with Crippen LogP contribution >= 0.6 is 0 Å². The van der Waals surface area contributed by atoms with E-state index in [1.165, 1.54) is 4.90 Å². The third-order valence-corrected chi connectivity index (χ3v) is 3.61. The lowest BCUT2D eigenvalue weighted by Gasteiger charge is -2.21. The van der Waals surface area contributed by atoms with Crippen LogP contribution in [0.3, 0.4) is 0 Å². The van der Waals surface area contributed by atoms with Crippen LogP contribution in [0.4, 0.5) is 0 Å². The first-order valence-electron chi connectivity index (χ1n) is 6.72. The lowest BCUT2D eigenvalue weighted by molar-refractivity contribution is -0.137. The molecule has 0 atom stereocenters. The molecule has 5 nitrogen and oxygen atoms in total. The second-order valence-electron chi connectivity index (χ2n) is 5.27. The van der Waals surface area contributed by atoms with Gasteiger partial charge in [0.05, 0.1) is 11.1 Å². The molecule has 1 aliphatic rings. The maximum Gasteiger partial charge on any atom is 0.323 e. The molecule has 0 bridgehead atoms. The zero-order chi connectivity index (χ0) is 14.1. The number of carboxylic acid groups (broad SMARTS) is 1. The summed E-state index contributed by atoms with van der Waals surface area (Å²) in [7, 11) is 0. The highest BCUT2D eigenvalue weighted by Crippen LogP contribution is 2.30. The van der Waals surface area contributed by atoms with E-state index in [2.05, 4.69) is 4.98 Å². The fourth-order valence-electron chi connectivity index (χ4n) is 2.43. The van der Waals surface area contributed by atoms with Gasteiger partial charge < -0.3 is 15.0 Å². The van der Waals surface area contributed by atoms with E-state index in [4.69, 9.17) is 5.11 Å². The molecular formula is C15H16N2O3. The van der Waals surface area contributed by atoms with Crippen molar-refractivity contribution in [3.05, 3.63) is 36.0 Å². The normalized spacial score (nSPS) is 14.4. The van der Waals surface area contributed by atoms with Gasteiger partial charge in [0.15, 0.2) is 0 Å². The van der Waals surface area contributed by atoms with E-state index < -0.39 is 5.97 Å². The number of carboxylic acids is 1. The van der Waals surface area contributed by atoms with Crippen LogP contribution in [0.1, 0.15) is 23.2 Å². The molecule has 104 valence electrons. The summed E-state index contributed by atoms with van der Waals surface area (Å²) >= 11 is 0. The molecule has 0 unspecified atom stereocenters. The second-order valence-corrected chi connectivity index (χ2v) is 5.27. The van der Waals surface area contributed by atoms with Crippen molar-refractivity contribution in [2.24, 2.45) is 5.92 Å². The number of benzene rings is 1. The molecule has 2 N–H and O–H groups in total. The van der Waals surface area contributed by atoms with Gasteiger partial charge in [0.2, 0.25) is 0 Å². The number of carbonyl (C=O) groups excluding carboxylic acids is 1. The van der Waals surface area contributed by atoms with Crippen LogP contribution in [0.15, 0.2) is 30.5 Å². The summed E-state index contributed by atoms with van der Waals surface area (Å²) in [6, 6.07) is 7.38. The molecule has 1 aliphatic carbocycles. The van der Waals surface area contributed by atoms with Gasteiger partial charge >= 0.3 is 5.97 Å². The SMILES string of the molecule is O=C(O)CN(CC1CC1)C(=O)c1cccc2cc[nH]c12. The molecule has 1 aromatic carbocycles. The van der Waals surface area contributed by atoms with Crippen molar-refractivity contribution in [1.29, 1.82) is 0 Å². The number of para-hydroxylation sites is 1. The van der Waals surface area contributed by atoms with Crippen LogP contribution in [-0.4, -0.2) is 40.0 Å². The number of nitrogens with one attached hydrogen (secondary N) is 1. The Morgan fingerprint density at radius 3 is 2.80 bits per heavy atom. The first-order chi connectivity index (χ1) is 9.65. The average Bonchev–Trinajstić information content (AvgIpc) is 3.10. The Hall–Kier alpha value is -2.30. The van der Waals surface area contributed by atoms with Crippen LogP contribution in [0.5, 0.6) is 0 Å². The van der Waals surface area contributed by atoms with Crippen molar-refractivity contribution in [2.75, 3.05) is 13.1 Å². The van der Waals surface area contributed by atoms with Crippen LogP contribution in [-0.2, 0) is 4.79 Å². The predicted molar refractivity (Wildman–Crippen MR) is 74.6 cm³/mol. The van der Waals surface area contributed by atoms with Gasteiger partial charge in [-0.15, -0.1) is 0 Å². The highest BCUT2D eigenvalue weighted by atomic mass is 16.4. The Balaban J connectivity index is 1.91. The van der Waals surface area contributed by atoms with Crippen molar-refractivity contribution in [2.45, 2.75) is 12.8 Å². The van der Waals surface area contributed by atoms with Gasteiger partial charge in [-0.1, -0.05) is 12.1 Å². The molecule has 2 aromatic rings. The van der Waals surface area contributed by atoms with Gasteiger partial charge in [-0.25, -0.2) is 0 Å². The zero-order valence-corrected chi connectivity index (χ0v) is 11.0. The molecule has 0 aliphatic heterocycles. The minimum Gasteiger partial charge on any atom is -0.480 e. The molecule has 0 spiro atoms. The van der Waals surface area contributed by atoms with E-state index in [-0.39, 0.29) is 12.5 Å². The number of nitrogens with zero attached hydrogens (tertiary/aromatic N) is 1. The molecule has 1 amide bonds. The van der Waals surface area contributed by atoms with Gasteiger partial charge in [0, 0.05) is 18.1 Å². The first kappa shape index (κ1) is 12.7. The van der Waals surface area contributed by atoms with Crippen LogP contribution in [0, 0.1) is 5.92 Å². The van der Waals surface area contributed by atoms with Gasteiger partial charge in [-0.05, 0) is 30.9 Å². The van der Waals surface area contributed by atoms with Crippen molar-refractivity contribution in [3.8, 4) is 0 Å². The van der Waals surface area contributed by atoms with Crippen LogP contribution in [0.25, 0.3) is 10.9 Å². The monoisotopic (exact) mass is 272 g/mol. The van der Waals surface area contributed by atoms with Gasteiger partial charge in [-0.3, -0.25) is 9.59 Å². The molecule has 1 heterocycles. The van der Waals surface area contributed by atoms with Crippen LogP contribution < -0.4 is 0 Å². The van der Waals surface area contributed by atoms with Crippen LogP contribution in [0.2, 0.25) is 0 Å². The topological polar surface area (TPSA) is 73.4 Å². The van der Waals surface area contributed by atoms with Gasteiger partial charge in [0.1, 0.15) is 6.54 Å². The van der Waals surface area contributed by atoms with E-state index in [1.807, 2.05) is 18.2 Å². The number of aromatic amines is 1. The number of aromatic nitrogens is 1. The Bertz CT molecular complexity index is 658. The lowest BCUT2D eigenvalue weighted by Crippen LogP contribution is -2.37. The van der Waals surface area contributed by atoms with Crippen molar-refractivity contribution >= 4 is 22.8 Å². The first-order valence-corrected chi connectivity index (χ1v) is 6.72. The van der Waals surface area contributed by atoms with E-state index in [0.717, 1.165) is 23.7 Å². The summed E-state index contributed by atoms with van der Waals surface area (Å²) in [5, 5.41) is 9.94. The molecule has 0 radical (unpaired) electrons. The standard InChI is InChI=1S/C15H16N2O3/c18-13(19)9-17(8-10-4-5-10)15(20)12-3-1-2-11-6-7-16-14(11)12/h1-3,6-7,10,16H,4-5,8-9H2,(H,18,19). The number of carbonyl (C=O) groups is 2. The quantitative estimate of drug-likeness (QED) is 0.875. The Morgan fingerprint density at radius 2 is 2.10 bits per heavy atom. The minimum absolute atomic E-state index is 0.215. The molecule has 1 fully saturated rings. The molecule has 20 heavy (non-hydrogen) atoms. The largest absolute Gasteiger partial charge is 0.480 e. The smallest absolute Gasteiger partial charge is 0.323 e. The zero-order valence-electron chi connectivity index (χ0n) is 11.0. The lowest BCUT2D eigenvalue weighted by atomic mass is 10.1. The Kier molecular flexibility index (Phi) is 3.18. The molecule has 1 saturated carbocycles. The summed E-state index contributed by atoms with van der Waals surface area (Å²) in [5.74, 6) is -0.730. The van der Waals surface area contributed by atoms with E-state index >= 15 is 0 Å². The summed E-state index contributed by atoms with van der Waals surface area (Å²) < 4.78 is 0. The minimum atomic E-state index is -0.974. The maximum absolute atomic E-state index is 12.6. The molecule has 1 aromatic heterocycles. The number of fused-ring (bicyclic) bond motifs is 1. The van der Waals surface area contributed by atoms with Crippen molar-refractivity contribution in [3.63, 3.8) is 0 Å². The number of hydrogen-bond acceptors (Lipinski definition) is 2. The fraction of sp³-hybridized carbons (Fsp3) is 0.333. The number of rotatable bonds is 5. The summed E-state index contributed by atoms with van der Waals surface area (Å²) in [4.78, 5) is 28.0. The van der Waals surface area contributed by atoms with Gasteiger partial charge in [0.25, 0.3) is 5.91 Å². The highest BCUT2D eigenvalue weighted by molar-refractivity contribution is 6.06. The molecule has 0 saturated heterocycles. The maximum atomic E-state index is 12.6. The Labute approximate surface area is 116 Å². The highest BCUT2D eigenvalue weighted by Gasteiger charge is 2.29. The number of aliphatic carboxylic acids is 1.